The molecule has 0 saturated heterocycles. The van der Waals surface area contributed by atoms with Crippen LogP contribution < -0.4 is 0 Å². The van der Waals surface area contributed by atoms with Crippen molar-refractivity contribution in [3.63, 3.8) is 0 Å². The molecule has 6 heteroatoms. The normalized spacial score (nSPS) is 11.3. The summed E-state index contributed by atoms with van der Waals surface area (Å²) in [6.07, 6.45) is 5.60. The van der Waals surface area contributed by atoms with Crippen molar-refractivity contribution in [3.8, 4) is 11.3 Å². The third-order valence-electron chi connectivity index (χ3n) is 3.28. The molecule has 0 radical (unpaired) electrons. The van der Waals surface area contributed by atoms with E-state index >= 15 is 0 Å². The van der Waals surface area contributed by atoms with Crippen LogP contribution in [0.25, 0.3) is 11.3 Å². The van der Waals surface area contributed by atoms with Gasteiger partial charge in [-0.2, -0.15) is 5.10 Å². The summed E-state index contributed by atoms with van der Waals surface area (Å²) in [6, 6.07) is 7.55. The van der Waals surface area contributed by atoms with Gasteiger partial charge in [0.1, 0.15) is 0 Å². The summed E-state index contributed by atoms with van der Waals surface area (Å²) in [7, 11) is 3.94. The van der Waals surface area contributed by atoms with Crippen LogP contribution in [0.3, 0.4) is 0 Å². The fraction of sp³-hybridized carbons (Fsp3) is 0.250. The largest absolute Gasteiger partial charge is 0.439 e. The molecular weight excluding hydrogens is 300 g/mol. The van der Waals surface area contributed by atoms with Gasteiger partial charge in [0.2, 0.25) is 5.89 Å². The Morgan fingerprint density at radius 1 is 1.27 bits per heavy atom. The van der Waals surface area contributed by atoms with Crippen molar-refractivity contribution in [1.82, 2.24) is 19.7 Å². The monoisotopic (exact) mass is 316 g/mol. The lowest BCUT2D eigenvalue weighted by atomic mass is 10.2. The molecule has 2 heterocycles. The van der Waals surface area contributed by atoms with Crippen molar-refractivity contribution in [2.45, 2.75) is 13.1 Å². The molecule has 1 aromatic carbocycles. The van der Waals surface area contributed by atoms with Crippen LogP contribution in [0.4, 0.5) is 0 Å². The molecule has 5 nitrogen and oxygen atoms in total. The number of oxazole rings is 1. The third-order valence-corrected chi connectivity index (χ3v) is 3.51. The molecule has 0 fully saturated rings. The second-order valence-corrected chi connectivity index (χ2v) is 5.76. The summed E-state index contributed by atoms with van der Waals surface area (Å²) >= 11 is 6.00. The summed E-state index contributed by atoms with van der Waals surface area (Å²) in [6.45, 7) is 1.43. The highest BCUT2D eigenvalue weighted by Gasteiger charge is 2.10. The second kappa shape index (κ2) is 6.34. The minimum Gasteiger partial charge on any atom is -0.439 e. The number of rotatable bonds is 5. The Morgan fingerprint density at radius 3 is 2.86 bits per heavy atom. The lowest BCUT2D eigenvalue weighted by Gasteiger charge is -2.12. The van der Waals surface area contributed by atoms with Gasteiger partial charge in [0, 0.05) is 35.9 Å². The third kappa shape index (κ3) is 3.55. The number of aryl methyl sites for hydroxylation is 1. The van der Waals surface area contributed by atoms with Gasteiger partial charge in [-0.1, -0.05) is 23.7 Å². The first kappa shape index (κ1) is 14.8. The maximum Gasteiger partial charge on any atom is 0.209 e. The summed E-state index contributed by atoms with van der Waals surface area (Å²) in [5, 5.41) is 4.85. The van der Waals surface area contributed by atoms with Crippen molar-refractivity contribution < 1.29 is 4.42 Å². The molecule has 0 unspecified atom stereocenters. The van der Waals surface area contributed by atoms with Gasteiger partial charge in [-0.15, -0.1) is 0 Å². The van der Waals surface area contributed by atoms with E-state index in [0.29, 0.717) is 17.5 Å². The standard InChI is InChI=1S/C16H17ClN4O/c1-20(9-12-7-19-21(2)10-12)11-16-18-8-15(22-16)13-4-3-5-14(17)6-13/h3-8,10H,9,11H2,1-2H3. The number of hydrogen-bond acceptors (Lipinski definition) is 4. The first-order valence-electron chi connectivity index (χ1n) is 6.97. The second-order valence-electron chi connectivity index (χ2n) is 5.32. The van der Waals surface area contributed by atoms with Crippen molar-refractivity contribution in [2.75, 3.05) is 7.05 Å². The Balaban J connectivity index is 1.66. The van der Waals surface area contributed by atoms with E-state index in [1.807, 2.05) is 50.8 Å². The van der Waals surface area contributed by atoms with Gasteiger partial charge < -0.3 is 4.42 Å². The van der Waals surface area contributed by atoms with Crippen molar-refractivity contribution >= 4 is 11.6 Å². The molecule has 0 saturated carbocycles. The van der Waals surface area contributed by atoms with Crippen LogP contribution in [-0.4, -0.2) is 26.7 Å². The highest BCUT2D eigenvalue weighted by atomic mass is 35.5. The lowest BCUT2D eigenvalue weighted by molar-refractivity contribution is 0.283. The van der Waals surface area contributed by atoms with E-state index in [1.165, 1.54) is 0 Å². The Kier molecular flexibility index (Phi) is 4.27. The van der Waals surface area contributed by atoms with Gasteiger partial charge in [-0.05, 0) is 19.2 Å². The van der Waals surface area contributed by atoms with Crippen molar-refractivity contribution in [3.05, 3.63) is 59.3 Å². The van der Waals surface area contributed by atoms with Gasteiger partial charge in [0.15, 0.2) is 5.76 Å². The topological polar surface area (TPSA) is 47.1 Å². The minimum absolute atomic E-state index is 0.634. The molecule has 0 N–H and O–H groups in total. The van der Waals surface area contributed by atoms with Crippen LogP contribution in [0.5, 0.6) is 0 Å². The fourth-order valence-electron chi connectivity index (χ4n) is 2.31. The van der Waals surface area contributed by atoms with E-state index < -0.39 is 0 Å². The van der Waals surface area contributed by atoms with E-state index in [1.54, 1.807) is 10.9 Å². The number of aromatic nitrogens is 3. The van der Waals surface area contributed by atoms with Crippen molar-refractivity contribution in [1.29, 1.82) is 0 Å². The zero-order valence-corrected chi connectivity index (χ0v) is 13.3. The zero-order chi connectivity index (χ0) is 15.5. The summed E-state index contributed by atoms with van der Waals surface area (Å²) in [5.41, 5.74) is 2.09. The predicted octanol–water partition coefficient (Wildman–Crippen LogP) is 3.36. The molecule has 0 aliphatic carbocycles. The average molecular weight is 317 g/mol. The van der Waals surface area contributed by atoms with Gasteiger partial charge in [0.25, 0.3) is 0 Å². The maximum absolute atomic E-state index is 6.00. The van der Waals surface area contributed by atoms with E-state index in [9.17, 15) is 0 Å². The molecule has 0 amide bonds. The molecule has 0 atom stereocenters. The SMILES string of the molecule is CN(Cc1cnn(C)c1)Cc1ncc(-c2cccc(Cl)c2)o1. The Hall–Kier alpha value is -2.11. The Morgan fingerprint density at radius 2 is 2.14 bits per heavy atom. The maximum atomic E-state index is 6.00. The molecule has 0 aliphatic heterocycles. The van der Waals surface area contributed by atoms with E-state index in [-0.39, 0.29) is 0 Å². The molecule has 114 valence electrons. The average Bonchev–Trinajstić information content (AvgIpc) is 3.08. The number of nitrogens with zero attached hydrogens (tertiary/aromatic N) is 4. The molecule has 3 rings (SSSR count). The molecule has 0 spiro atoms. The summed E-state index contributed by atoms with van der Waals surface area (Å²) in [4.78, 5) is 6.47. The van der Waals surface area contributed by atoms with Gasteiger partial charge >= 0.3 is 0 Å². The smallest absolute Gasteiger partial charge is 0.209 e. The van der Waals surface area contributed by atoms with Crippen LogP contribution in [0.1, 0.15) is 11.5 Å². The van der Waals surface area contributed by atoms with Gasteiger partial charge in [-0.25, -0.2) is 4.98 Å². The van der Waals surface area contributed by atoms with E-state index in [0.717, 1.165) is 23.4 Å². The molecule has 3 aromatic rings. The van der Waals surface area contributed by atoms with Crippen molar-refractivity contribution in [2.24, 2.45) is 7.05 Å². The number of benzene rings is 1. The van der Waals surface area contributed by atoms with Crippen LogP contribution >= 0.6 is 11.6 Å². The highest BCUT2D eigenvalue weighted by Crippen LogP contribution is 2.23. The van der Waals surface area contributed by atoms with Gasteiger partial charge in [0.05, 0.1) is 18.9 Å². The Bertz CT molecular complexity index is 765. The highest BCUT2D eigenvalue weighted by molar-refractivity contribution is 6.30. The molecule has 2 aromatic heterocycles. The van der Waals surface area contributed by atoms with Crippen LogP contribution in [0.2, 0.25) is 5.02 Å². The fourth-order valence-corrected chi connectivity index (χ4v) is 2.50. The summed E-state index contributed by atoms with van der Waals surface area (Å²) in [5.74, 6) is 1.41. The lowest BCUT2D eigenvalue weighted by Crippen LogP contribution is -2.17. The van der Waals surface area contributed by atoms with E-state index in [4.69, 9.17) is 16.0 Å². The van der Waals surface area contributed by atoms with Crippen LogP contribution in [-0.2, 0) is 20.1 Å². The van der Waals surface area contributed by atoms with Gasteiger partial charge in [-0.3, -0.25) is 9.58 Å². The van der Waals surface area contributed by atoms with E-state index in [2.05, 4.69) is 15.0 Å². The molecular formula is C16H17ClN4O. The first-order valence-corrected chi connectivity index (χ1v) is 7.34. The zero-order valence-electron chi connectivity index (χ0n) is 12.5. The molecule has 0 aliphatic rings. The predicted molar refractivity (Wildman–Crippen MR) is 85.3 cm³/mol. The Labute approximate surface area is 134 Å². The first-order chi connectivity index (χ1) is 10.6. The van der Waals surface area contributed by atoms with Crippen LogP contribution in [0, 0.1) is 0 Å². The quantitative estimate of drug-likeness (QED) is 0.724. The van der Waals surface area contributed by atoms with Crippen LogP contribution in [0.15, 0.2) is 47.3 Å². The number of hydrogen-bond donors (Lipinski definition) is 0. The minimum atomic E-state index is 0.634. The summed E-state index contributed by atoms with van der Waals surface area (Å²) < 4.78 is 7.60. The number of halogens is 1. The molecule has 0 bridgehead atoms. The molecule has 22 heavy (non-hydrogen) atoms.